The van der Waals surface area contributed by atoms with Crippen LogP contribution in [0.2, 0.25) is 0 Å². The molecule has 8 nitrogen and oxygen atoms in total. The Morgan fingerprint density at radius 1 is 1.52 bits per heavy atom. The lowest BCUT2D eigenvalue weighted by Crippen LogP contribution is -2.49. The molecule has 2 aliphatic heterocycles. The van der Waals surface area contributed by atoms with E-state index >= 15 is 0 Å². The number of amides is 1. The van der Waals surface area contributed by atoms with Crippen LogP contribution in [0.25, 0.3) is 0 Å². The van der Waals surface area contributed by atoms with Crippen molar-refractivity contribution in [3.05, 3.63) is 23.9 Å². The van der Waals surface area contributed by atoms with Gasteiger partial charge in [-0.3, -0.25) is 0 Å². The Morgan fingerprint density at radius 2 is 2.28 bits per heavy atom. The summed E-state index contributed by atoms with van der Waals surface area (Å²) in [5, 5.41) is 19.2. The van der Waals surface area contributed by atoms with Gasteiger partial charge in [-0.1, -0.05) is 0 Å². The zero-order valence-corrected chi connectivity index (χ0v) is 14.2. The van der Waals surface area contributed by atoms with Gasteiger partial charge in [-0.05, 0) is 12.1 Å². The first-order chi connectivity index (χ1) is 12.0. The molecule has 1 aromatic heterocycles. The van der Waals surface area contributed by atoms with Gasteiger partial charge in [0, 0.05) is 45.7 Å². The number of likely N-dealkylation sites (tertiary alicyclic amines) is 1. The number of ether oxygens (including phenoxy) is 2. The number of β-amino-alcohol motifs (C(OH)–C–C–N with tert-alkyl or cyclic N) is 1. The largest absolute Gasteiger partial charge is 0.474 e. The molecule has 8 heteroatoms. The van der Waals surface area contributed by atoms with E-state index in [1.165, 1.54) is 0 Å². The number of rotatable bonds is 5. The predicted molar refractivity (Wildman–Crippen MR) is 88.0 cm³/mol. The number of piperidine rings is 1. The average Bonchev–Trinajstić information content (AvgIpc) is 2.89. The molecule has 1 atom stereocenters. The van der Waals surface area contributed by atoms with Crippen molar-refractivity contribution >= 4 is 6.09 Å². The SMILES string of the molecule is CN1CC2(CCN(CC(O)COc3ncccc3C#N)CC2)OC1=O. The summed E-state index contributed by atoms with van der Waals surface area (Å²) in [5.74, 6) is 0.238. The average molecular weight is 346 g/mol. The first kappa shape index (κ1) is 17.5. The fourth-order valence-corrected chi connectivity index (χ4v) is 3.31. The molecule has 0 aliphatic carbocycles. The molecule has 1 aromatic rings. The van der Waals surface area contributed by atoms with Gasteiger partial charge >= 0.3 is 6.09 Å². The molecule has 1 amide bonds. The van der Waals surface area contributed by atoms with Gasteiger partial charge in [0.1, 0.15) is 29.9 Å². The van der Waals surface area contributed by atoms with E-state index in [9.17, 15) is 9.90 Å². The summed E-state index contributed by atoms with van der Waals surface area (Å²) in [6.45, 7) is 2.68. The van der Waals surface area contributed by atoms with Gasteiger partial charge in [-0.25, -0.2) is 9.78 Å². The summed E-state index contributed by atoms with van der Waals surface area (Å²) in [7, 11) is 1.75. The fraction of sp³-hybridized carbons (Fsp3) is 0.588. The molecule has 2 fully saturated rings. The summed E-state index contributed by atoms with van der Waals surface area (Å²) in [4.78, 5) is 19.3. The van der Waals surface area contributed by atoms with Crippen LogP contribution in [0.3, 0.4) is 0 Å². The van der Waals surface area contributed by atoms with Gasteiger partial charge in [0.15, 0.2) is 0 Å². The highest BCUT2D eigenvalue weighted by atomic mass is 16.6. The first-order valence-electron chi connectivity index (χ1n) is 8.34. The minimum atomic E-state index is -0.684. The van der Waals surface area contributed by atoms with Gasteiger partial charge in [0.2, 0.25) is 5.88 Å². The van der Waals surface area contributed by atoms with Crippen molar-refractivity contribution < 1.29 is 19.4 Å². The Balaban J connectivity index is 1.45. The molecule has 0 radical (unpaired) electrons. The van der Waals surface area contributed by atoms with Gasteiger partial charge in [-0.2, -0.15) is 5.26 Å². The minimum Gasteiger partial charge on any atom is -0.474 e. The van der Waals surface area contributed by atoms with Gasteiger partial charge < -0.3 is 24.4 Å². The molecule has 0 saturated carbocycles. The standard InChI is InChI=1S/C17H22N4O4/c1-20-12-17(25-16(20)23)4-7-21(8-5-17)10-14(22)11-24-15-13(9-18)3-2-6-19-15/h2-3,6,14,22H,4-5,7-8,10-12H2,1H3. The van der Waals surface area contributed by atoms with Crippen LogP contribution in [0.15, 0.2) is 18.3 Å². The summed E-state index contributed by atoms with van der Waals surface area (Å²) in [5.41, 5.74) is -0.0267. The third kappa shape index (κ3) is 4.00. The van der Waals surface area contributed by atoms with E-state index in [4.69, 9.17) is 14.7 Å². The molecular weight excluding hydrogens is 324 g/mol. The van der Waals surface area contributed by atoms with E-state index < -0.39 is 6.10 Å². The zero-order valence-electron chi connectivity index (χ0n) is 14.2. The molecular formula is C17H22N4O4. The second-order valence-electron chi connectivity index (χ2n) is 6.64. The van der Waals surface area contributed by atoms with Crippen LogP contribution in [-0.2, 0) is 4.74 Å². The highest BCUT2D eigenvalue weighted by Gasteiger charge is 2.45. The van der Waals surface area contributed by atoms with Crippen molar-refractivity contribution in [1.82, 2.24) is 14.8 Å². The third-order valence-electron chi connectivity index (χ3n) is 4.68. The predicted octanol–water partition coefficient (Wildman–Crippen LogP) is 0.610. The number of pyridine rings is 1. The Morgan fingerprint density at radius 3 is 2.92 bits per heavy atom. The number of likely N-dealkylation sites (N-methyl/N-ethyl adjacent to an activating group) is 1. The first-order valence-corrected chi connectivity index (χ1v) is 8.34. The number of aromatic nitrogens is 1. The van der Waals surface area contributed by atoms with Crippen LogP contribution < -0.4 is 4.74 Å². The van der Waals surface area contributed by atoms with Crippen LogP contribution in [0.1, 0.15) is 18.4 Å². The smallest absolute Gasteiger partial charge is 0.410 e. The van der Waals surface area contributed by atoms with Crippen LogP contribution in [0.4, 0.5) is 4.79 Å². The monoisotopic (exact) mass is 346 g/mol. The fourth-order valence-electron chi connectivity index (χ4n) is 3.31. The Bertz CT molecular complexity index is 667. The number of carbonyl (C=O) groups is 1. The maximum atomic E-state index is 11.6. The molecule has 25 heavy (non-hydrogen) atoms. The van der Waals surface area contributed by atoms with Crippen LogP contribution in [0.5, 0.6) is 5.88 Å². The van der Waals surface area contributed by atoms with Gasteiger partial charge in [0.05, 0.1) is 6.54 Å². The van der Waals surface area contributed by atoms with E-state index in [0.29, 0.717) is 18.7 Å². The third-order valence-corrected chi connectivity index (χ3v) is 4.68. The summed E-state index contributed by atoms with van der Waals surface area (Å²) < 4.78 is 11.0. The van der Waals surface area contributed by atoms with Crippen LogP contribution in [-0.4, -0.2) is 77.5 Å². The lowest BCUT2D eigenvalue weighted by molar-refractivity contribution is -0.0146. The number of hydrogen-bond donors (Lipinski definition) is 1. The quantitative estimate of drug-likeness (QED) is 0.834. The molecule has 1 spiro atoms. The van der Waals surface area contributed by atoms with Gasteiger partial charge in [-0.15, -0.1) is 0 Å². The number of nitrogens with zero attached hydrogens (tertiary/aromatic N) is 4. The number of carbonyl (C=O) groups excluding carboxylic acids is 1. The number of aliphatic hydroxyl groups is 1. The Hall–Kier alpha value is -2.37. The van der Waals surface area contributed by atoms with Crippen LogP contribution in [0, 0.1) is 11.3 Å². The second kappa shape index (κ2) is 7.25. The number of nitriles is 1. The van der Waals surface area contributed by atoms with Gasteiger partial charge in [0.25, 0.3) is 0 Å². The van der Waals surface area contributed by atoms with E-state index in [2.05, 4.69) is 9.88 Å². The Kier molecular flexibility index (Phi) is 5.06. The van der Waals surface area contributed by atoms with Crippen molar-refractivity contribution in [2.24, 2.45) is 0 Å². The van der Waals surface area contributed by atoms with Crippen LogP contribution >= 0.6 is 0 Å². The normalized spacial score (nSPS) is 21.0. The highest BCUT2D eigenvalue weighted by molar-refractivity contribution is 5.70. The molecule has 0 aromatic carbocycles. The van der Waals surface area contributed by atoms with Crippen molar-refractivity contribution in [1.29, 1.82) is 5.26 Å². The van der Waals surface area contributed by atoms with Crippen molar-refractivity contribution in [3.63, 3.8) is 0 Å². The molecule has 3 heterocycles. The minimum absolute atomic E-state index is 0.0745. The van der Waals surface area contributed by atoms with E-state index in [0.717, 1.165) is 25.9 Å². The lowest BCUT2D eigenvalue weighted by atomic mass is 9.91. The van der Waals surface area contributed by atoms with Crippen molar-refractivity contribution in [2.75, 3.05) is 39.8 Å². The van der Waals surface area contributed by atoms with E-state index in [-0.39, 0.29) is 24.2 Å². The molecule has 3 rings (SSSR count). The van der Waals surface area contributed by atoms with Crippen molar-refractivity contribution in [3.8, 4) is 11.9 Å². The maximum absolute atomic E-state index is 11.6. The van der Waals surface area contributed by atoms with E-state index in [1.54, 1.807) is 30.3 Å². The lowest BCUT2D eigenvalue weighted by Gasteiger charge is -2.37. The molecule has 1 unspecified atom stereocenters. The second-order valence-corrected chi connectivity index (χ2v) is 6.64. The molecule has 2 saturated heterocycles. The summed E-state index contributed by atoms with van der Waals surface area (Å²) >= 11 is 0. The molecule has 2 aliphatic rings. The number of aliphatic hydroxyl groups excluding tert-OH is 1. The maximum Gasteiger partial charge on any atom is 0.410 e. The number of hydrogen-bond acceptors (Lipinski definition) is 7. The van der Waals surface area contributed by atoms with Crippen molar-refractivity contribution in [2.45, 2.75) is 24.5 Å². The van der Waals surface area contributed by atoms with E-state index in [1.807, 2.05) is 6.07 Å². The highest BCUT2D eigenvalue weighted by Crippen LogP contribution is 2.32. The zero-order chi connectivity index (χ0) is 17.9. The molecule has 1 N–H and O–H groups in total. The summed E-state index contributed by atoms with van der Waals surface area (Å²) in [6, 6.07) is 5.30. The molecule has 0 bridgehead atoms. The Labute approximate surface area is 146 Å². The molecule has 134 valence electrons. The summed E-state index contributed by atoms with van der Waals surface area (Å²) in [6.07, 6.45) is 2.12. The topological polar surface area (TPSA) is 98.9 Å².